The number of halogens is 1. The van der Waals surface area contributed by atoms with Crippen molar-refractivity contribution in [3.63, 3.8) is 0 Å². The highest BCUT2D eigenvalue weighted by Gasteiger charge is 2.25. The van der Waals surface area contributed by atoms with Crippen molar-refractivity contribution >= 4 is 11.6 Å². The third-order valence-electron chi connectivity index (χ3n) is 3.19. The van der Waals surface area contributed by atoms with E-state index >= 15 is 0 Å². The van der Waals surface area contributed by atoms with Gasteiger partial charge in [-0.1, -0.05) is 30.7 Å². The van der Waals surface area contributed by atoms with E-state index in [1.165, 1.54) is 5.56 Å². The van der Waals surface area contributed by atoms with Crippen molar-refractivity contribution in [3.8, 4) is 0 Å². The fraction of sp³-hybridized carbons (Fsp3) is 0.600. The van der Waals surface area contributed by atoms with Crippen molar-refractivity contribution in [2.45, 2.75) is 52.2 Å². The lowest BCUT2D eigenvalue weighted by Crippen LogP contribution is -2.43. The smallest absolute Gasteiger partial charge is 0.0499 e. The SMILES string of the molecule is CCCN(C(C)C)C(c1cccc(Cl)c1)C(C)N. The van der Waals surface area contributed by atoms with E-state index in [0.717, 1.165) is 18.0 Å². The summed E-state index contributed by atoms with van der Waals surface area (Å²) in [6, 6.07) is 8.83. The van der Waals surface area contributed by atoms with Crippen LogP contribution in [0.4, 0.5) is 0 Å². The first-order chi connectivity index (χ1) is 8.47. The molecule has 0 aliphatic carbocycles. The van der Waals surface area contributed by atoms with Crippen LogP contribution in [0, 0.1) is 0 Å². The van der Waals surface area contributed by atoms with E-state index in [1.54, 1.807) is 0 Å². The summed E-state index contributed by atoms with van der Waals surface area (Å²) in [4.78, 5) is 2.45. The Hall–Kier alpha value is -0.570. The molecule has 0 saturated heterocycles. The lowest BCUT2D eigenvalue weighted by Gasteiger charge is -2.37. The highest BCUT2D eigenvalue weighted by Crippen LogP contribution is 2.27. The molecule has 0 amide bonds. The minimum Gasteiger partial charge on any atom is -0.326 e. The van der Waals surface area contributed by atoms with Gasteiger partial charge in [-0.3, -0.25) is 4.90 Å². The summed E-state index contributed by atoms with van der Waals surface area (Å²) in [5.74, 6) is 0. The average molecular weight is 269 g/mol. The molecule has 0 aliphatic rings. The van der Waals surface area contributed by atoms with Gasteiger partial charge in [0.25, 0.3) is 0 Å². The second kappa shape index (κ2) is 7.13. The quantitative estimate of drug-likeness (QED) is 0.849. The average Bonchev–Trinajstić information content (AvgIpc) is 2.27. The minimum atomic E-state index is 0.0809. The highest BCUT2D eigenvalue weighted by atomic mass is 35.5. The normalized spacial score (nSPS) is 15.1. The predicted molar refractivity (Wildman–Crippen MR) is 80.0 cm³/mol. The van der Waals surface area contributed by atoms with E-state index in [1.807, 2.05) is 18.2 Å². The largest absolute Gasteiger partial charge is 0.326 e. The van der Waals surface area contributed by atoms with E-state index in [-0.39, 0.29) is 12.1 Å². The van der Waals surface area contributed by atoms with Crippen molar-refractivity contribution in [2.24, 2.45) is 5.73 Å². The molecule has 0 heterocycles. The summed E-state index contributed by atoms with van der Waals surface area (Å²) >= 11 is 6.10. The maximum Gasteiger partial charge on any atom is 0.0499 e. The van der Waals surface area contributed by atoms with Gasteiger partial charge >= 0.3 is 0 Å². The number of hydrogen-bond donors (Lipinski definition) is 1. The lowest BCUT2D eigenvalue weighted by atomic mass is 9.97. The third-order valence-corrected chi connectivity index (χ3v) is 3.43. The Kier molecular flexibility index (Phi) is 6.13. The Balaban J connectivity index is 3.07. The Bertz CT molecular complexity index is 363. The van der Waals surface area contributed by atoms with Crippen LogP contribution >= 0.6 is 11.6 Å². The van der Waals surface area contributed by atoms with Crippen LogP contribution < -0.4 is 5.73 Å². The van der Waals surface area contributed by atoms with Gasteiger partial charge in [0, 0.05) is 23.1 Å². The second-order valence-electron chi connectivity index (χ2n) is 5.19. The van der Waals surface area contributed by atoms with Crippen LogP contribution in [0.3, 0.4) is 0 Å². The fourth-order valence-corrected chi connectivity index (χ4v) is 2.66. The zero-order valence-corrected chi connectivity index (χ0v) is 12.6. The summed E-state index contributed by atoms with van der Waals surface area (Å²) in [6.07, 6.45) is 1.13. The molecule has 2 unspecified atom stereocenters. The molecule has 2 nitrogen and oxygen atoms in total. The molecule has 0 spiro atoms. The molecule has 0 aromatic heterocycles. The Labute approximate surface area is 116 Å². The summed E-state index contributed by atoms with van der Waals surface area (Å²) in [6.45, 7) is 9.75. The van der Waals surface area contributed by atoms with Gasteiger partial charge in [-0.25, -0.2) is 0 Å². The van der Waals surface area contributed by atoms with Crippen LogP contribution in [-0.2, 0) is 0 Å². The molecular formula is C15H25ClN2. The van der Waals surface area contributed by atoms with E-state index in [2.05, 4.69) is 38.7 Å². The summed E-state index contributed by atoms with van der Waals surface area (Å²) in [7, 11) is 0. The molecule has 1 aromatic rings. The van der Waals surface area contributed by atoms with Crippen LogP contribution in [0.15, 0.2) is 24.3 Å². The van der Waals surface area contributed by atoms with Crippen LogP contribution in [0.2, 0.25) is 5.02 Å². The number of rotatable bonds is 6. The van der Waals surface area contributed by atoms with Gasteiger partial charge < -0.3 is 5.73 Å². The predicted octanol–water partition coefficient (Wildman–Crippen LogP) is 3.85. The summed E-state index contributed by atoms with van der Waals surface area (Å²) < 4.78 is 0. The molecule has 0 bridgehead atoms. The Morgan fingerprint density at radius 3 is 2.39 bits per heavy atom. The molecule has 0 saturated carbocycles. The van der Waals surface area contributed by atoms with Gasteiger partial charge in [0.05, 0.1) is 0 Å². The van der Waals surface area contributed by atoms with Crippen LogP contribution in [0.5, 0.6) is 0 Å². The molecule has 18 heavy (non-hydrogen) atoms. The summed E-state index contributed by atoms with van der Waals surface area (Å²) in [5.41, 5.74) is 7.41. The van der Waals surface area contributed by atoms with Crippen molar-refractivity contribution in [1.29, 1.82) is 0 Å². The fourth-order valence-electron chi connectivity index (χ4n) is 2.46. The van der Waals surface area contributed by atoms with E-state index in [4.69, 9.17) is 17.3 Å². The molecule has 2 N–H and O–H groups in total. The Morgan fingerprint density at radius 1 is 1.28 bits per heavy atom. The van der Waals surface area contributed by atoms with Crippen LogP contribution in [-0.4, -0.2) is 23.5 Å². The molecule has 2 atom stereocenters. The van der Waals surface area contributed by atoms with Crippen molar-refractivity contribution in [3.05, 3.63) is 34.9 Å². The molecule has 0 aliphatic heterocycles. The van der Waals surface area contributed by atoms with E-state index in [0.29, 0.717) is 6.04 Å². The van der Waals surface area contributed by atoms with E-state index < -0.39 is 0 Å². The van der Waals surface area contributed by atoms with Crippen molar-refractivity contribution < 1.29 is 0 Å². The third kappa shape index (κ3) is 3.98. The topological polar surface area (TPSA) is 29.3 Å². The molecule has 0 radical (unpaired) electrons. The van der Waals surface area contributed by atoms with Gasteiger partial charge in [0.1, 0.15) is 0 Å². The van der Waals surface area contributed by atoms with Crippen LogP contribution in [0.25, 0.3) is 0 Å². The zero-order valence-electron chi connectivity index (χ0n) is 11.9. The van der Waals surface area contributed by atoms with Crippen molar-refractivity contribution in [2.75, 3.05) is 6.54 Å². The van der Waals surface area contributed by atoms with Crippen LogP contribution in [0.1, 0.15) is 45.7 Å². The molecule has 0 fully saturated rings. The van der Waals surface area contributed by atoms with Gasteiger partial charge in [-0.15, -0.1) is 0 Å². The van der Waals surface area contributed by atoms with Gasteiger partial charge in [0.15, 0.2) is 0 Å². The zero-order chi connectivity index (χ0) is 13.7. The molecule has 3 heteroatoms. The number of benzene rings is 1. The first-order valence-electron chi connectivity index (χ1n) is 6.74. The first kappa shape index (κ1) is 15.5. The highest BCUT2D eigenvalue weighted by molar-refractivity contribution is 6.30. The molecule has 1 aromatic carbocycles. The lowest BCUT2D eigenvalue weighted by molar-refractivity contribution is 0.136. The number of nitrogens with zero attached hydrogens (tertiary/aromatic N) is 1. The minimum absolute atomic E-state index is 0.0809. The second-order valence-corrected chi connectivity index (χ2v) is 5.63. The number of nitrogens with two attached hydrogens (primary N) is 1. The van der Waals surface area contributed by atoms with Gasteiger partial charge in [-0.2, -0.15) is 0 Å². The maximum atomic E-state index is 6.20. The monoisotopic (exact) mass is 268 g/mol. The summed E-state index contributed by atoms with van der Waals surface area (Å²) in [5, 5.41) is 0.776. The molecule has 102 valence electrons. The molecular weight excluding hydrogens is 244 g/mol. The van der Waals surface area contributed by atoms with Gasteiger partial charge in [-0.05, 0) is 51.4 Å². The maximum absolute atomic E-state index is 6.20. The van der Waals surface area contributed by atoms with Crippen molar-refractivity contribution in [1.82, 2.24) is 4.90 Å². The Morgan fingerprint density at radius 2 is 1.94 bits per heavy atom. The molecule has 1 rings (SSSR count). The standard InChI is InChI=1S/C15H25ClN2/c1-5-9-18(11(2)3)15(12(4)17)13-7-6-8-14(16)10-13/h6-8,10-12,15H,5,9,17H2,1-4H3. The van der Waals surface area contributed by atoms with Gasteiger partial charge in [0.2, 0.25) is 0 Å². The van der Waals surface area contributed by atoms with E-state index in [9.17, 15) is 0 Å². The number of hydrogen-bond acceptors (Lipinski definition) is 2. The first-order valence-corrected chi connectivity index (χ1v) is 7.12.